The van der Waals surface area contributed by atoms with Gasteiger partial charge in [0.2, 0.25) is 0 Å². The first-order valence-corrected chi connectivity index (χ1v) is 5.70. The van der Waals surface area contributed by atoms with Crippen molar-refractivity contribution in [1.82, 2.24) is 0 Å². The molecule has 0 bridgehead atoms. The van der Waals surface area contributed by atoms with Gasteiger partial charge in [-0.25, -0.2) is 0 Å². The van der Waals surface area contributed by atoms with Crippen molar-refractivity contribution in [2.75, 3.05) is 6.61 Å². The molecule has 0 saturated carbocycles. The van der Waals surface area contributed by atoms with E-state index in [1.807, 2.05) is 0 Å². The predicted molar refractivity (Wildman–Crippen MR) is 63.8 cm³/mol. The van der Waals surface area contributed by atoms with Crippen LogP contribution in [0.25, 0.3) is 0 Å². The minimum Gasteiger partial charge on any atom is -0.395 e. The normalized spacial score (nSPS) is 12.7. The highest BCUT2D eigenvalue weighted by atomic mass is 16.3. The monoisotopic (exact) mass is 207 g/mol. The fourth-order valence-electron chi connectivity index (χ4n) is 1.59. The molecule has 0 heterocycles. The number of hydrogen-bond donors (Lipinski definition) is 2. The van der Waals surface area contributed by atoms with Crippen molar-refractivity contribution in [1.29, 1.82) is 0 Å². The van der Waals surface area contributed by atoms with Crippen LogP contribution in [0.15, 0.2) is 24.3 Å². The third-order valence-electron chi connectivity index (χ3n) is 2.57. The zero-order valence-electron chi connectivity index (χ0n) is 9.45. The Bertz CT molecular complexity index is 268. The molecule has 0 aliphatic rings. The summed E-state index contributed by atoms with van der Waals surface area (Å²) in [5.74, 6) is 0. The van der Waals surface area contributed by atoms with Crippen molar-refractivity contribution >= 4 is 0 Å². The van der Waals surface area contributed by atoms with Gasteiger partial charge in [-0.3, -0.25) is 0 Å². The van der Waals surface area contributed by atoms with Gasteiger partial charge < -0.3 is 10.8 Å². The lowest BCUT2D eigenvalue weighted by Gasteiger charge is -2.08. The highest BCUT2D eigenvalue weighted by Gasteiger charge is 2.01. The molecule has 2 heteroatoms. The van der Waals surface area contributed by atoms with Gasteiger partial charge in [0.1, 0.15) is 0 Å². The van der Waals surface area contributed by atoms with Gasteiger partial charge >= 0.3 is 0 Å². The molecule has 84 valence electrons. The van der Waals surface area contributed by atoms with E-state index in [9.17, 15) is 0 Å². The van der Waals surface area contributed by atoms with Crippen LogP contribution in [0.4, 0.5) is 0 Å². The van der Waals surface area contributed by atoms with Gasteiger partial charge in [0, 0.05) is 6.04 Å². The second-order valence-electron chi connectivity index (χ2n) is 4.07. The molecule has 0 saturated heterocycles. The van der Waals surface area contributed by atoms with Crippen molar-refractivity contribution in [3.63, 3.8) is 0 Å². The summed E-state index contributed by atoms with van der Waals surface area (Å²) < 4.78 is 0. The SMILES string of the molecule is CCCCc1ccc(CC(N)CO)cc1. The summed E-state index contributed by atoms with van der Waals surface area (Å²) in [5, 5.41) is 8.84. The number of aliphatic hydroxyl groups excluding tert-OH is 1. The Balaban J connectivity index is 2.48. The molecule has 0 aromatic heterocycles. The minimum absolute atomic E-state index is 0.0532. The molecule has 0 amide bonds. The third-order valence-corrected chi connectivity index (χ3v) is 2.57. The molecule has 2 nitrogen and oxygen atoms in total. The van der Waals surface area contributed by atoms with E-state index in [1.165, 1.54) is 24.0 Å². The number of hydrogen-bond acceptors (Lipinski definition) is 2. The molecule has 3 N–H and O–H groups in total. The smallest absolute Gasteiger partial charge is 0.0585 e. The van der Waals surface area contributed by atoms with Crippen molar-refractivity contribution in [3.05, 3.63) is 35.4 Å². The average Bonchev–Trinajstić information content (AvgIpc) is 2.28. The predicted octanol–water partition coefficient (Wildman–Crippen LogP) is 1.89. The van der Waals surface area contributed by atoms with Gasteiger partial charge in [0.25, 0.3) is 0 Å². The Labute approximate surface area is 92.1 Å². The number of rotatable bonds is 6. The van der Waals surface area contributed by atoms with Crippen molar-refractivity contribution in [2.24, 2.45) is 5.73 Å². The molecule has 0 aliphatic heterocycles. The van der Waals surface area contributed by atoms with E-state index < -0.39 is 0 Å². The van der Waals surface area contributed by atoms with Gasteiger partial charge in [-0.15, -0.1) is 0 Å². The first-order chi connectivity index (χ1) is 7.26. The quantitative estimate of drug-likeness (QED) is 0.748. The molecule has 1 aromatic carbocycles. The summed E-state index contributed by atoms with van der Waals surface area (Å²) in [7, 11) is 0. The summed E-state index contributed by atoms with van der Waals surface area (Å²) in [6.45, 7) is 2.26. The Morgan fingerprint density at radius 3 is 2.33 bits per heavy atom. The lowest BCUT2D eigenvalue weighted by atomic mass is 10.0. The molecule has 1 atom stereocenters. The Hall–Kier alpha value is -0.860. The maximum absolute atomic E-state index is 8.84. The third kappa shape index (κ3) is 4.45. The number of nitrogens with two attached hydrogens (primary N) is 1. The van der Waals surface area contributed by atoms with Crippen molar-refractivity contribution < 1.29 is 5.11 Å². The maximum atomic E-state index is 8.84. The Kier molecular flexibility index (Phi) is 5.37. The van der Waals surface area contributed by atoms with E-state index in [2.05, 4.69) is 31.2 Å². The van der Waals surface area contributed by atoms with Crippen LogP contribution in [0.2, 0.25) is 0 Å². The molecule has 0 aliphatic carbocycles. The van der Waals surface area contributed by atoms with Crippen molar-refractivity contribution in [3.8, 4) is 0 Å². The maximum Gasteiger partial charge on any atom is 0.0585 e. The lowest BCUT2D eigenvalue weighted by Crippen LogP contribution is -2.26. The van der Waals surface area contributed by atoms with E-state index in [4.69, 9.17) is 10.8 Å². The van der Waals surface area contributed by atoms with Gasteiger partial charge in [-0.2, -0.15) is 0 Å². The molecular formula is C13H21NO. The number of benzene rings is 1. The summed E-state index contributed by atoms with van der Waals surface area (Å²) in [6.07, 6.45) is 4.39. The highest BCUT2D eigenvalue weighted by Crippen LogP contribution is 2.09. The van der Waals surface area contributed by atoms with Crippen molar-refractivity contribution in [2.45, 2.75) is 38.6 Å². The summed E-state index contributed by atoms with van der Waals surface area (Å²) in [5.41, 5.74) is 8.27. The van der Waals surface area contributed by atoms with Crippen LogP contribution in [0.5, 0.6) is 0 Å². The van der Waals surface area contributed by atoms with E-state index in [1.54, 1.807) is 0 Å². The average molecular weight is 207 g/mol. The first-order valence-electron chi connectivity index (χ1n) is 5.70. The summed E-state index contributed by atoms with van der Waals surface area (Å²) in [4.78, 5) is 0. The molecular weight excluding hydrogens is 186 g/mol. The Morgan fingerprint density at radius 1 is 1.20 bits per heavy atom. The molecule has 1 rings (SSSR count). The highest BCUT2D eigenvalue weighted by molar-refractivity contribution is 5.23. The van der Waals surface area contributed by atoms with Gasteiger partial charge in [-0.05, 0) is 30.4 Å². The zero-order chi connectivity index (χ0) is 11.1. The van der Waals surface area contributed by atoms with Crippen LogP contribution in [-0.4, -0.2) is 17.8 Å². The fraction of sp³-hybridized carbons (Fsp3) is 0.538. The first kappa shape index (κ1) is 12.2. The van der Waals surface area contributed by atoms with E-state index in [0.29, 0.717) is 0 Å². The topological polar surface area (TPSA) is 46.2 Å². The van der Waals surface area contributed by atoms with Crippen LogP contribution < -0.4 is 5.73 Å². The van der Waals surface area contributed by atoms with Gasteiger partial charge in [-0.1, -0.05) is 37.6 Å². The summed E-state index contributed by atoms with van der Waals surface area (Å²) in [6, 6.07) is 8.41. The van der Waals surface area contributed by atoms with E-state index in [0.717, 1.165) is 12.8 Å². The lowest BCUT2D eigenvalue weighted by molar-refractivity contribution is 0.265. The van der Waals surface area contributed by atoms with Crippen LogP contribution in [-0.2, 0) is 12.8 Å². The second-order valence-corrected chi connectivity index (χ2v) is 4.07. The van der Waals surface area contributed by atoms with Gasteiger partial charge in [0.05, 0.1) is 6.61 Å². The van der Waals surface area contributed by atoms with Crippen LogP contribution in [0.3, 0.4) is 0 Å². The molecule has 0 radical (unpaired) electrons. The zero-order valence-corrected chi connectivity index (χ0v) is 9.45. The second kappa shape index (κ2) is 6.59. The van der Waals surface area contributed by atoms with E-state index in [-0.39, 0.29) is 12.6 Å². The fourth-order valence-corrected chi connectivity index (χ4v) is 1.59. The molecule has 1 aromatic rings. The molecule has 1 unspecified atom stereocenters. The largest absolute Gasteiger partial charge is 0.395 e. The molecule has 0 spiro atoms. The van der Waals surface area contributed by atoms with Crippen LogP contribution in [0.1, 0.15) is 30.9 Å². The molecule has 15 heavy (non-hydrogen) atoms. The van der Waals surface area contributed by atoms with Crippen LogP contribution >= 0.6 is 0 Å². The number of unbranched alkanes of at least 4 members (excludes halogenated alkanes) is 1. The van der Waals surface area contributed by atoms with Crippen LogP contribution in [0, 0.1) is 0 Å². The summed E-state index contributed by atoms with van der Waals surface area (Å²) >= 11 is 0. The number of aliphatic hydroxyl groups is 1. The van der Waals surface area contributed by atoms with E-state index >= 15 is 0 Å². The number of aryl methyl sites for hydroxylation is 1. The van der Waals surface area contributed by atoms with Gasteiger partial charge in [0.15, 0.2) is 0 Å². The molecule has 0 fully saturated rings. The Morgan fingerprint density at radius 2 is 1.80 bits per heavy atom. The standard InChI is InChI=1S/C13H21NO/c1-2-3-4-11-5-7-12(8-6-11)9-13(14)10-15/h5-8,13,15H,2-4,9-10,14H2,1H3. The minimum atomic E-state index is -0.133.